The molecule has 0 atom stereocenters. The molecule has 1 saturated carbocycles. The Kier molecular flexibility index (Phi) is 4.78. The third-order valence-electron chi connectivity index (χ3n) is 3.74. The fraction of sp³-hybridized carbons (Fsp3) is 0.923. The van der Waals surface area contributed by atoms with Crippen molar-refractivity contribution in [3.8, 4) is 0 Å². The van der Waals surface area contributed by atoms with E-state index in [0.29, 0.717) is 0 Å². The summed E-state index contributed by atoms with van der Waals surface area (Å²) in [5.74, 6) is 0.153. The Morgan fingerprint density at radius 2 is 1.94 bits per heavy atom. The molecule has 0 spiro atoms. The molecule has 1 fully saturated rings. The van der Waals surface area contributed by atoms with Crippen LogP contribution in [0.5, 0.6) is 0 Å². The highest BCUT2D eigenvalue weighted by Crippen LogP contribution is 2.26. The Morgan fingerprint density at radius 3 is 2.44 bits per heavy atom. The van der Waals surface area contributed by atoms with E-state index in [2.05, 4.69) is 11.9 Å². The molecule has 0 aromatic rings. The molecule has 1 aliphatic carbocycles. The predicted molar refractivity (Wildman–Crippen MR) is 65.5 cm³/mol. The molecule has 1 aliphatic rings. The van der Waals surface area contributed by atoms with Crippen LogP contribution in [0.25, 0.3) is 0 Å². The number of nitrogens with zero attached hydrogens (tertiary/aromatic N) is 1. The van der Waals surface area contributed by atoms with Gasteiger partial charge in [0.2, 0.25) is 0 Å². The summed E-state index contributed by atoms with van der Waals surface area (Å²) >= 11 is 0. The molecule has 0 saturated heterocycles. The van der Waals surface area contributed by atoms with Gasteiger partial charge in [-0.3, -0.25) is 4.79 Å². The van der Waals surface area contributed by atoms with Crippen molar-refractivity contribution in [1.29, 1.82) is 0 Å². The van der Waals surface area contributed by atoms with Crippen LogP contribution in [0.1, 0.15) is 46.0 Å². The first-order valence-electron chi connectivity index (χ1n) is 6.34. The number of hydrogen-bond acceptors (Lipinski definition) is 2. The lowest BCUT2D eigenvalue weighted by Gasteiger charge is -2.25. The highest BCUT2D eigenvalue weighted by atomic mass is 16.4. The van der Waals surface area contributed by atoms with E-state index in [1.807, 2.05) is 0 Å². The maximum atomic E-state index is 11.0. The van der Waals surface area contributed by atoms with E-state index in [4.69, 9.17) is 5.11 Å². The van der Waals surface area contributed by atoms with Gasteiger partial charge >= 0.3 is 5.97 Å². The van der Waals surface area contributed by atoms with Crippen LogP contribution in [0.4, 0.5) is 0 Å². The zero-order valence-electron chi connectivity index (χ0n) is 10.8. The number of hydrogen-bond donors (Lipinski definition) is 1. The SMILES string of the molecule is CN(CCC(C)(C)C(=O)O)CC1CCCC1. The molecule has 1 N–H and O–H groups in total. The second-order valence-corrected chi connectivity index (χ2v) is 5.85. The summed E-state index contributed by atoms with van der Waals surface area (Å²) < 4.78 is 0. The van der Waals surface area contributed by atoms with Gasteiger partial charge in [0.05, 0.1) is 5.41 Å². The molecule has 0 heterocycles. The van der Waals surface area contributed by atoms with Gasteiger partial charge in [0, 0.05) is 6.54 Å². The lowest BCUT2D eigenvalue weighted by Crippen LogP contribution is -2.32. The maximum absolute atomic E-state index is 11.0. The number of aliphatic carboxylic acids is 1. The van der Waals surface area contributed by atoms with E-state index in [0.717, 1.165) is 25.4 Å². The molecule has 0 aromatic carbocycles. The Balaban J connectivity index is 2.23. The lowest BCUT2D eigenvalue weighted by molar-refractivity contribution is -0.147. The minimum absolute atomic E-state index is 0.593. The summed E-state index contributed by atoms with van der Waals surface area (Å²) in [5.41, 5.74) is -0.593. The van der Waals surface area contributed by atoms with Crippen molar-refractivity contribution < 1.29 is 9.90 Å². The Morgan fingerprint density at radius 1 is 1.38 bits per heavy atom. The summed E-state index contributed by atoms with van der Waals surface area (Å²) in [6, 6.07) is 0. The monoisotopic (exact) mass is 227 g/mol. The maximum Gasteiger partial charge on any atom is 0.309 e. The van der Waals surface area contributed by atoms with Crippen LogP contribution in [0.3, 0.4) is 0 Å². The number of carbonyl (C=O) groups is 1. The zero-order valence-corrected chi connectivity index (χ0v) is 10.8. The van der Waals surface area contributed by atoms with Crippen molar-refractivity contribution in [3.05, 3.63) is 0 Å². The highest BCUT2D eigenvalue weighted by Gasteiger charge is 2.27. The molecule has 1 rings (SSSR count). The number of carboxylic acids is 1. The average Bonchev–Trinajstić information content (AvgIpc) is 2.67. The van der Waals surface area contributed by atoms with Crippen LogP contribution in [-0.2, 0) is 4.79 Å². The zero-order chi connectivity index (χ0) is 12.2. The minimum atomic E-state index is -0.693. The van der Waals surface area contributed by atoms with Gasteiger partial charge in [-0.1, -0.05) is 12.8 Å². The van der Waals surface area contributed by atoms with Crippen LogP contribution in [0.15, 0.2) is 0 Å². The van der Waals surface area contributed by atoms with Gasteiger partial charge in [0.25, 0.3) is 0 Å². The van der Waals surface area contributed by atoms with Crippen LogP contribution < -0.4 is 0 Å². The average molecular weight is 227 g/mol. The van der Waals surface area contributed by atoms with E-state index in [1.165, 1.54) is 25.7 Å². The number of rotatable bonds is 6. The van der Waals surface area contributed by atoms with Crippen LogP contribution in [0.2, 0.25) is 0 Å². The predicted octanol–water partition coefficient (Wildman–Crippen LogP) is 2.61. The smallest absolute Gasteiger partial charge is 0.309 e. The Bertz CT molecular complexity index is 232. The van der Waals surface area contributed by atoms with E-state index < -0.39 is 11.4 Å². The van der Waals surface area contributed by atoms with E-state index in [-0.39, 0.29) is 0 Å². The van der Waals surface area contributed by atoms with Gasteiger partial charge in [0.1, 0.15) is 0 Å². The van der Waals surface area contributed by atoms with Crippen molar-refractivity contribution in [1.82, 2.24) is 4.90 Å². The molecule has 0 unspecified atom stereocenters. The first-order valence-corrected chi connectivity index (χ1v) is 6.34. The second kappa shape index (κ2) is 5.67. The van der Waals surface area contributed by atoms with Gasteiger partial charge in [-0.15, -0.1) is 0 Å². The molecule has 0 aromatic heterocycles. The van der Waals surface area contributed by atoms with Gasteiger partial charge in [-0.25, -0.2) is 0 Å². The van der Waals surface area contributed by atoms with Gasteiger partial charge < -0.3 is 10.0 Å². The molecule has 3 nitrogen and oxygen atoms in total. The summed E-state index contributed by atoms with van der Waals surface area (Å²) in [4.78, 5) is 13.3. The third kappa shape index (κ3) is 4.12. The van der Waals surface area contributed by atoms with Crippen molar-refractivity contribution in [2.75, 3.05) is 20.1 Å². The van der Waals surface area contributed by atoms with E-state index in [1.54, 1.807) is 13.8 Å². The van der Waals surface area contributed by atoms with Crippen LogP contribution in [0, 0.1) is 11.3 Å². The third-order valence-corrected chi connectivity index (χ3v) is 3.74. The Hall–Kier alpha value is -0.570. The van der Waals surface area contributed by atoms with Gasteiger partial charge in [0.15, 0.2) is 0 Å². The first kappa shape index (κ1) is 13.5. The molecular weight excluding hydrogens is 202 g/mol. The second-order valence-electron chi connectivity index (χ2n) is 5.85. The summed E-state index contributed by atoms with van der Waals surface area (Å²) in [7, 11) is 2.11. The quantitative estimate of drug-likeness (QED) is 0.758. The van der Waals surface area contributed by atoms with Crippen molar-refractivity contribution in [2.24, 2.45) is 11.3 Å². The summed E-state index contributed by atoms with van der Waals surface area (Å²) in [5, 5.41) is 9.02. The molecule has 0 aliphatic heterocycles. The molecule has 94 valence electrons. The fourth-order valence-corrected chi connectivity index (χ4v) is 2.30. The summed E-state index contributed by atoms with van der Waals surface area (Å²) in [6.07, 6.45) is 6.18. The molecule has 16 heavy (non-hydrogen) atoms. The van der Waals surface area contributed by atoms with Crippen molar-refractivity contribution >= 4 is 5.97 Å². The highest BCUT2D eigenvalue weighted by molar-refractivity contribution is 5.73. The minimum Gasteiger partial charge on any atom is -0.481 e. The topological polar surface area (TPSA) is 40.5 Å². The number of carboxylic acid groups (broad SMARTS) is 1. The summed E-state index contributed by atoms with van der Waals surface area (Å²) in [6.45, 7) is 5.63. The molecule has 3 heteroatoms. The first-order chi connectivity index (χ1) is 7.42. The van der Waals surface area contributed by atoms with Crippen molar-refractivity contribution in [2.45, 2.75) is 46.0 Å². The normalized spacial score (nSPS) is 18.2. The molecule has 0 bridgehead atoms. The standard InChI is InChI=1S/C13H25NO2/c1-13(2,12(15)16)8-9-14(3)10-11-6-4-5-7-11/h11H,4-10H2,1-3H3,(H,15,16). The van der Waals surface area contributed by atoms with Gasteiger partial charge in [-0.2, -0.15) is 0 Å². The molecule has 0 amide bonds. The van der Waals surface area contributed by atoms with Gasteiger partial charge in [-0.05, 0) is 52.6 Å². The lowest BCUT2D eigenvalue weighted by atomic mass is 9.89. The van der Waals surface area contributed by atoms with E-state index in [9.17, 15) is 4.79 Å². The molecule has 0 radical (unpaired) electrons. The fourth-order valence-electron chi connectivity index (χ4n) is 2.30. The largest absolute Gasteiger partial charge is 0.481 e. The van der Waals surface area contributed by atoms with Crippen molar-refractivity contribution in [3.63, 3.8) is 0 Å². The van der Waals surface area contributed by atoms with E-state index >= 15 is 0 Å². The van der Waals surface area contributed by atoms with Crippen LogP contribution in [-0.4, -0.2) is 36.1 Å². The Labute approximate surface area is 98.8 Å². The van der Waals surface area contributed by atoms with Crippen LogP contribution >= 0.6 is 0 Å². The molecular formula is C13H25NO2.